The van der Waals surface area contributed by atoms with E-state index in [2.05, 4.69) is 214 Å². The summed E-state index contributed by atoms with van der Waals surface area (Å²) in [6.07, 6.45) is 0.884. The van der Waals surface area contributed by atoms with Gasteiger partial charge in [0.15, 0.2) is 0 Å². The lowest BCUT2D eigenvalue weighted by Gasteiger charge is -2.19. The SMILES string of the molecule is CC(C)(C)c1ccc2c(c1)c1cc(C(C)(C)C)ccc1n2-c1ccc(Cc2ccc(-n3c4ccc(C(C)(C)C)cc4c4cc(C(C)(C)C)ccc43)cc2)cc1. The largest absolute Gasteiger partial charge is 0.309 e. The van der Waals surface area contributed by atoms with Crippen molar-refractivity contribution in [3.63, 3.8) is 0 Å². The Labute approximate surface area is 328 Å². The van der Waals surface area contributed by atoms with Crippen LogP contribution in [0.5, 0.6) is 0 Å². The van der Waals surface area contributed by atoms with Gasteiger partial charge in [-0.1, -0.05) is 132 Å². The second kappa shape index (κ2) is 12.7. The number of aromatic nitrogens is 2. The second-order valence-electron chi connectivity index (χ2n) is 20.1. The Morgan fingerprint density at radius 1 is 0.309 bits per heavy atom. The molecule has 0 atom stereocenters. The molecule has 0 fully saturated rings. The maximum Gasteiger partial charge on any atom is 0.0541 e. The molecule has 2 heterocycles. The average Bonchev–Trinajstić information content (AvgIpc) is 3.62. The molecule has 2 nitrogen and oxygen atoms in total. The Balaban J connectivity index is 1.13. The normalized spacial score (nSPS) is 13.2. The molecule has 280 valence electrons. The van der Waals surface area contributed by atoms with Crippen LogP contribution in [0.15, 0.2) is 121 Å². The van der Waals surface area contributed by atoms with Gasteiger partial charge in [-0.25, -0.2) is 0 Å². The zero-order valence-corrected chi connectivity index (χ0v) is 35.1. The number of rotatable bonds is 4. The highest BCUT2D eigenvalue weighted by Crippen LogP contribution is 2.39. The van der Waals surface area contributed by atoms with Crippen molar-refractivity contribution < 1.29 is 0 Å². The van der Waals surface area contributed by atoms with E-state index in [1.165, 1.54) is 88.4 Å². The lowest BCUT2D eigenvalue weighted by atomic mass is 9.85. The Hall–Kier alpha value is -5.08. The zero-order chi connectivity index (χ0) is 39.2. The van der Waals surface area contributed by atoms with Crippen molar-refractivity contribution in [2.45, 2.75) is 111 Å². The summed E-state index contributed by atoms with van der Waals surface area (Å²) in [6, 6.07) is 46.7. The van der Waals surface area contributed by atoms with Crippen LogP contribution in [0.1, 0.15) is 116 Å². The van der Waals surface area contributed by atoms with Crippen LogP contribution in [0.4, 0.5) is 0 Å². The smallest absolute Gasteiger partial charge is 0.0541 e. The third-order valence-electron chi connectivity index (χ3n) is 11.8. The van der Waals surface area contributed by atoms with Gasteiger partial charge in [0.25, 0.3) is 0 Å². The minimum Gasteiger partial charge on any atom is -0.309 e. The molecular formula is C53H58N2. The molecule has 8 rings (SSSR count). The molecular weight excluding hydrogens is 665 g/mol. The average molecular weight is 723 g/mol. The number of hydrogen-bond acceptors (Lipinski definition) is 0. The van der Waals surface area contributed by atoms with Crippen molar-refractivity contribution in [3.05, 3.63) is 155 Å². The van der Waals surface area contributed by atoms with Gasteiger partial charge in [0.05, 0.1) is 22.1 Å². The third kappa shape index (κ3) is 6.69. The molecule has 0 saturated carbocycles. The molecule has 0 aliphatic rings. The predicted octanol–water partition coefficient (Wildman–Crippen LogP) is 14.7. The summed E-state index contributed by atoms with van der Waals surface area (Å²) < 4.78 is 4.89. The maximum atomic E-state index is 2.45. The molecule has 0 amide bonds. The van der Waals surface area contributed by atoms with Crippen LogP contribution >= 0.6 is 0 Å². The summed E-state index contributed by atoms with van der Waals surface area (Å²) in [5.74, 6) is 0. The minimum atomic E-state index is 0.0832. The quantitative estimate of drug-likeness (QED) is 0.171. The van der Waals surface area contributed by atoms with Crippen LogP contribution in [0, 0.1) is 0 Å². The van der Waals surface area contributed by atoms with E-state index >= 15 is 0 Å². The molecule has 0 radical (unpaired) electrons. The fraction of sp³-hybridized carbons (Fsp3) is 0.321. The van der Waals surface area contributed by atoms with Gasteiger partial charge in [-0.2, -0.15) is 0 Å². The predicted molar refractivity (Wildman–Crippen MR) is 239 cm³/mol. The molecule has 0 unspecified atom stereocenters. The molecule has 0 saturated heterocycles. The number of fused-ring (bicyclic) bond motifs is 6. The van der Waals surface area contributed by atoms with E-state index in [-0.39, 0.29) is 21.7 Å². The second-order valence-corrected chi connectivity index (χ2v) is 20.1. The molecule has 0 N–H and O–H groups in total. The van der Waals surface area contributed by atoms with E-state index in [9.17, 15) is 0 Å². The molecule has 0 bridgehead atoms. The Bertz CT molecular complexity index is 2390. The van der Waals surface area contributed by atoms with Crippen LogP contribution in [0.2, 0.25) is 0 Å². The Morgan fingerprint density at radius 2 is 0.545 bits per heavy atom. The van der Waals surface area contributed by atoms with E-state index in [0.29, 0.717) is 0 Å². The fourth-order valence-corrected chi connectivity index (χ4v) is 8.23. The first-order valence-electron chi connectivity index (χ1n) is 20.1. The molecule has 8 aromatic rings. The highest BCUT2D eigenvalue weighted by Gasteiger charge is 2.23. The van der Waals surface area contributed by atoms with Crippen molar-refractivity contribution in [2.75, 3.05) is 0 Å². The van der Waals surface area contributed by atoms with E-state index in [0.717, 1.165) is 6.42 Å². The molecule has 2 heteroatoms. The lowest BCUT2D eigenvalue weighted by Crippen LogP contribution is -2.10. The van der Waals surface area contributed by atoms with E-state index in [1.807, 2.05) is 0 Å². The van der Waals surface area contributed by atoms with Crippen molar-refractivity contribution in [1.29, 1.82) is 0 Å². The molecule has 0 aliphatic heterocycles. The number of nitrogens with zero attached hydrogens (tertiary/aromatic N) is 2. The van der Waals surface area contributed by atoms with Gasteiger partial charge in [-0.15, -0.1) is 0 Å². The van der Waals surface area contributed by atoms with Gasteiger partial charge in [-0.05, 0) is 134 Å². The summed E-state index contributed by atoms with van der Waals surface area (Å²) in [6.45, 7) is 27.6. The summed E-state index contributed by atoms with van der Waals surface area (Å²) in [5, 5.41) is 5.30. The van der Waals surface area contributed by atoms with Gasteiger partial charge >= 0.3 is 0 Å². The van der Waals surface area contributed by atoms with Gasteiger partial charge < -0.3 is 9.13 Å². The third-order valence-corrected chi connectivity index (χ3v) is 11.8. The highest BCUT2D eigenvalue weighted by molar-refractivity contribution is 6.11. The van der Waals surface area contributed by atoms with Crippen molar-refractivity contribution in [3.8, 4) is 11.4 Å². The fourth-order valence-electron chi connectivity index (χ4n) is 8.23. The van der Waals surface area contributed by atoms with Gasteiger partial charge in [-0.3, -0.25) is 0 Å². The molecule has 0 aliphatic carbocycles. The lowest BCUT2D eigenvalue weighted by molar-refractivity contribution is 0.590. The summed E-state index contributed by atoms with van der Waals surface area (Å²) >= 11 is 0. The van der Waals surface area contributed by atoms with Crippen LogP contribution in [0.25, 0.3) is 55.0 Å². The van der Waals surface area contributed by atoms with Crippen molar-refractivity contribution in [2.24, 2.45) is 0 Å². The first-order valence-corrected chi connectivity index (χ1v) is 20.1. The molecule has 0 spiro atoms. The van der Waals surface area contributed by atoms with Gasteiger partial charge in [0, 0.05) is 32.9 Å². The summed E-state index contributed by atoms with van der Waals surface area (Å²) in [5.41, 5.74) is 15.8. The van der Waals surface area contributed by atoms with Crippen LogP contribution < -0.4 is 0 Å². The van der Waals surface area contributed by atoms with Crippen LogP contribution in [0.3, 0.4) is 0 Å². The van der Waals surface area contributed by atoms with Crippen LogP contribution in [-0.2, 0) is 28.1 Å². The Morgan fingerprint density at radius 3 is 0.764 bits per heavy atom. The van der Waals surface area contributed by atoms with Crippen LogP contribution in [-0.4, -0.2) is 9.13 Å². The topological polar surface area (TPSA) is 9.86 Å². The first kappa shape index (κ1) is 36.9. The van der Waals surface area contributed by atoms with Crippen molar-refractivity contribution >= 4 is 43.6 Å². The highest BCUT2D eigenvalue weighted by atomic mass is 15.0. The van der Waals surface area contributed by atoms with E-state index < -0.39 is 0 Å². The van der Waals surface area contributed by atoms with E-state index in [1.54, 1.807) is 0 Å². The standard InChI is InChI=1S/C53H58N2/c1-50(2,3)36-17-25-46-42(30-36)43-31-37(51(4,5)6)18-26-47(43)54(46)40-21-13-34(14-22-40)29-35-15-23-41(24-16-35)55-48-27-19-38(52(7,8)9)32-44(48)45-33-39(53(10,11)12)20-28-49(45)55/h13-28,30-33H,29H2,1-12H3. The molecule has 55 heavy (non-hydrogen) atoms. The maximum absolute atomic E-state index is 2.45. The number of hydrogen-bond donors (Lipinski definition) is 0. The zero-order valence-electron chi connectivity index (χ0n) is 35.1. The summed E-state index contributed by atoms with van der Waals surface area (Å²) in [7, 11) is 0. The molecule has 6 aromatic carbocycles. The molecule has 2 aromatic heterocycles. The minimum absolute atomic E-state index is 0.0832. The van der Waals surface area contributed by atoms with Gasteiger partial charge in [0.2, 0.25) is 0 Å². The van der Waals surface area contributed by atoms with Crippen molar-refractivity contribution in [1.82, 2.24) is 9.13 Å². The monoisotopic (exact) mass is 722 g/mol. The first-order chi connectivity index (χ1) is 25.8. The summed E-state index contributed by atoms with van der Waals surface area (Å²) in [4.78, 5) is 0. The van der Waals surface area contributed by atoms with Gasteiger partial charge in [0.1, 0.15) is 0 Å². The Kier molecular flexibility index (Phi) is 8.54. The van der Waals surface area contributed by atoms with E-state index in [4.69, 9.17) is 0 Å². The number of benzene rings is 6.